The standard InChI is InChI=1S/C13H13NO4/c1-13(2)17-11(15)10(12(16)18-13)8-14-9-6-4-3-5-7-9/h3-8,14H,1-2H3/i8D. The highest BCUT2D eigenvalue weighted by atomic mass is 16.7. The molecular formula is C13H13NO4. The number of hydrogen-bond donors (Lipinski definition) is 1. The fourth-order valence-corrected chi connectivity index (χ4v) is 1.41. The molecule has 18 heavy (non-hydrogen) atoms. The molecule has 1 aromatic rings. The van der Waals surface area contributed by atoms with Gasteiger partial charge in [-0.25, -0.2) is 9.59 Å². The molecular weight excluding hydrogens is 234 g/mol. The van der Waals surface area contributed by atoms with Gasteiger partial charge in [-0.3, -0.25) is 0 Å². The smallest absolute Gasteiger partial charge is 0.350 e. The first-order chi connectivity index (χ1) is 8.89. The number of carbonyl (C=O) groups is 2. The van der Waals surface area contributed by atoms with Crippen molar-refractivity contribution in [3.8, 4) is 0 Å². The average Bonchev–Trinajstić information content (AvgIpc) is 2.27. The molecule has 0 saturated carbocycles. The fraction of sp³-hybridized carbons (Fsp3) is 0.231. The van der Waals surface area contributed by atoms with Crippen molar-refractivity contribution in [3.63, 3.8) is 0 Å². The first kappa shape index (κ1) is 10.8. The molecule has 94 valence electrons. The Morgan fingerprint density at radius 2 is 1.72 bits per heavy atom. The van der Waals surface area contributed by atoms with Crippen molar-refractivity contribution >= 4 is 17.6 Å². The van der Waals surface area contributed by atoms with Gasteiger partial charge in [-0.2, -0.15) is 0 Å². The molecule has 1 heterocycles. The van der Waals surface area contributed by atoms with Crippen molar-refractivity contribution < 1.29 is 20.4 Å². The van der Waals surface area contributed by atoms with Gasteiger partial charge in [0.25, 0.3) is 5.79 Å². The number of para-hydroxylation sites is 1. The number of carbonyl (C=O) groups excluding carboxylic acids is 2. The van der Waals surface area contributed by atoms with Crippen molar-refractivity contribution in [3.05, 3.63) is 42.1 Å². The van der Waals surface area contributed by atoms with E-state index in [1.165, 1.54) is 13.8 Å². The zero-order valence-corrected chi connectivity index (χ0v) is 10.0. The molecule has 1 aliphatic rings. The van der Waals surface area contributed by atoms with Gasteiger partial charge in [-0.1, -0.05) is 18.2 Å². The van der Waals surface area contributed by atoms with Crippen molar-refractivity contribution in [2.24, 2.45) is 0 Å². The predicted octanol–water partition coefficient (Wildman–Crippen LogP) is 1.82. The zero-order valence-electron chi connectivity index (χ0n) is 11.0. The Kier molecular flexibility index (Phi) is 2.72. The van der Waals surface area contributed by atoms with Gasteiger partial charge in [0.15, 0.2) is 5.57 Å². The molecule has 5 nitrogen and oxygen atoms in total. The van der Waals surface area contributed by atoms with Crippen LogP contribution in [0.5, 0.6) is 0 Å². The molecule has 2 rings (SSSR count). The van der Waals surface area contributed by atoms with Gasteiger partial charge >= 0.3 is 11.9 Å². The van der Waals surface area contributed by atoms with E-state index in [1.807, 2.05) is 6.07 Å². The largest absolute Gasteiger partial charge is 0.419 e. The number of cyclic esters (lactones) is 2. The maximum atomic E-state index is 11.7. The highest BCUT2D eigenvalue weighted by Gasteiger charge is 2.38. The molecule has 1 aliphatic heterocycles. The molecule has 0 amide bonds. The first-order valence-electron chi connectivity index (χ1n) is 5.89. The SMILES string of the molecule is [2H]C(Nc1ccccc1)=C1C(=O)OC(C)(C)OC1=O. The van der Waals surface area contributed by atoms with Crippen LogP contribution in [0.1, 0.15) is 15.2 Å². The van der Waals surface area contributed by atoms with Crippen molar-refractivity contribution in [2.75, 3.05) is 5.32 Å². The van der Waals surface area contributed by atoms with Crippen molar-refractivity contribution in [1.29, 1.82) is 0 Å². The van der Waals surface area contributed by atoms with Gasteiger partial charge in [0.05, 0.1) is 1.37 Å². The second-order valence-electron chi connectivity index (χ2n) is 4.17. The van der Waals surface area contributed by atoms with Crippen LogP contribution in [-0.2, 0) is 19.1 Å². The summed E-state index contributed by atoms with van der Waals surface area (Å²) >= 11 is 0. The Morgan fingerprint density at radius 1 is 1.17 bits per heavy atom. The third kappa shape index (κ3) is 2.68. The van der Waals surface area contributed by atoms with Gasteiger partial charge in [0, 0.05) is 25.7 Å². The summed E-state index contributed by atoms with van der Waals surface area (Å²) in [4.78, 5) is 23.4. The third-order valence-electron chi connectivity index (χ3n) is 2.19. The van der Waals surface area contributed by atoms with Crippen LogP contribution in [0.25, 0.3) is 0 Å². The van der Waals surface area contributed by atoms with E-state index in [0.717, 1.165) is 0 Å². The highest BCUT2D eigenvalue weighted by molar-refractivity contribution is 6.15. The van der Waals surface area contributed by atoms with Crippen LogP contribution >= 0.6 is 0 Å². The molecule has 0 radical (unpaired) electrons. The summed E-state index contributed by atoms with van der Waals surface area (Å²) in [6.07, 6.45) is -0.350. The summed E-state index contributed by atoms with van der Waals surface area (Å²) in [6, 6.07) is 8.76. The van der Waals surface area contributed by atoms with Gasteiger partial charge in [0.2, 0.25) is 0 Å². The molecule has 0 aliphatic carbocycles. The molecule has 1 aromatic carbocycles. The Morgan fingerprint density at radius 3 is 2.28 bits per heavy atom. The topological polar surface area (TPSA) is 64.6 Å². The number of esters is 2. The Bertz CT molecular complexity index is 529. The van der Waals surface area contributed by atoms with E-state index in [2.05, 4.69) is 5.32 Å². The van der Waals surface area contributed by atoms with Crippen LogP contribution in [0, 0.1) is 0 Å². The maximum absolute atomic E-state index is 11.7. The lowest BCUT2D eigenvalue weighted by atomic mass is 10.2. The molecule has 1 N–H and O–H groups in total. The van der Waals surface area contributed by atoms with Crippen molar-refractivity contribution in [1.82, 2.24) is 0 Å². The number of hydrogen-bond acceptors (Lipinski definition) is 5. The lowest BCUT2D eigenvalue weighted by Crippen LogP contribution is -2.42. The minimum atomic E-state index is -1.30. The number of nitrogens with one attached hydrogen (secondary N) is 1. The summed E-state index contributed by atoms with van der Waals surface area (Å²) in [5.74, 6) is -3.03. The zero-order chi connectivity index (χ0) is 14.0. The number of ether oxygens (including phenoxy) is 2. The van der Waals surface area contributed by atoms with E-state index >= 15 is 0 Å². The Balaban J connectivity index is 2.26. The summed E-state index contributed by atoms with van der Waals surface area (Å²) in [6.45, 7) is 2.90. The van der Waals surface area contributed by atoms with E-state index in [9.17, 15) is 9.59 Å². The number of benzene rings is 1. The third-order valence-corrected chi connectivity index (χ3v) is 2.19. The predicted molar refractivity (Wildman–Crippen MR) is 64.4 cm³/mol. The van der Waals surface area contributed by atoms with E-state index < -0.39 is 23.3 Å². The van der Waals surface area contributed by atoms with Crippen molar-refractivity contribution in [2.45, 2.75) is 19.6 Å². The molecule has 0 aromatic heterocycles. The molecule has 0 spiro atoms. The number of rotatable bonds is 2. The quantitative estimate of drug-likeness (QED) is 0.491. The monoisotopic (exact) mass is 248 g/mol. The molecule has 5 heteroatoms. The van der Waals surface area contributed by atoms with E-state index in [4.69, 9.17) is 10.8 Å². The lowest BCUT2D eigenvalue weighted by Gasteiger charge is -2.29. The van der Waals surface area contributed by atoms with Crippen LogP contribution in [0.3, 0.4) is 0 Å². The molecule has 0 bridgehead atoms. The van der Waals surface area contributed by atoms with Crippen LogP contribution in [-0.4, -0.2) is 17.7 Å². The van der Waals surface area contributed by atoms with Gasteiger partial charge in [-0.15, -0.1) is 0 Å². The fourth-order valence-electron chi connectivity index (χ4n) is 1.41. The molecule has 0 atom stereocenters. The minimum Gasteiger partial charge on any atom is -0.419 e. The van der Waals surface area contributed by atoms with Gasteiger partial charge < -0.3 is 14.8 Å². The summed E-state index contributed by atoms with van der Waals surface area (Å²) in [5.41, 5.74) is 0.147. The Labute approximate surface area is 106 Å². The summed E-state index contributed by atoms with van der Waals surface area (Å²) in [7, 11) is 0. The number of anilines is 1. The summed E-state index contributed by atoms with van der Waals surface area (Å²) in [5, 5.41) is 2.64. The van der Waals surface area contributed by atoms with Gasteiger partial charge in [0.1, 0.15) is 0 Å². The molecule has 1 saturated heterocycles. The average molecular weight is 248 g/mol. The van der Waals surface area contributed by atoms with Crippen LogP contribution in [0.2, 0.25) is 0 Å². The van der Waals surface area contributed by atoms with Gasteiger partial charge in [-0.05, 0) is 12.1 Å². The minimum absolute atomic E-state index is 0.350. The molecule has 1 fully saturated rings. The normalized spacial score (nSPS) is 18.6. The second-order valence-corrected chi connectivity index (χ2v) is 4.17. The lowest BCUT2D eigenvalue weighted by molar-refractivity contribution is -0.222. The summed E-state index contributed by atoms with van der Waals surface area (Å²) < 4.78 is 17.6. The second kappa shape index (κ2) is 4.52. The van der Waals surface area contributed by atoms with E-state index in [0.29, 0.717) is 5.69 Å². The van der Waals surface area contributed by atoms with E-state index in [-0.39, 0.29) is 6.18 Å². The van der Waals surface area contributed by atoms with Crippen LogP contribution in [0.4, 0.5) is 5.69 Å². The van der Waals surface area contributed by atoms with E-state index in [1.54, 1.807) is 24.3 Å². The Hall–Kier alpha value is -2.30. The van der Waals surface area contributed by atoms with Crippen LogP contribution in [0.15, 0.2) is 42.1 Å². The molecule has 0 unspecified atom stereocenters. The first-order valence-corrected chi connectivity index (χ1v) is 5.39. The van der Waals surface area contributed by atoms with Crippen LogP contribution < -0.4 is 5.32 Å². The highest BCUT2D eigenvalue weighted by Crippen LogP contribution is 2.22. The maximum Gasteiger partial charge on any atom is 0.350 e.